The summed E-state index contributed by atoms with van der Waals surface area (Å²) in [7, 11) is 3.49. The average Bonchev–Trinajstić information content (AvgIpc) is 2.25. The maximum absolute atomic E-state index is 11.6. The van der Waals surface area contributed by atoms with Gasteiger partial charge in [-0.15, -0.1) is 0 Å². The molecule has 0 aliphatic heterocycles. The third kappa shape index (κ3) is 3.51. The number of halogens is 1. The predicted octanol–water partition coefficient (Wildman–Crippen LogP) is 1.86. The first-order chi connectivity index (χ1) is 7.54. The monoisotopic (exact) mass is 240 g/mol. The quantitative estimate of drug-likeness (QED) is 0.873. The van der Waals surface area contributed by atoms with Crippen LogP contribution < -0.4 is 5.73 Å². The number of rotatable bonds is 4. The summed E-state index contributed by atoms with van der Waals surface area (Å²) < 4.78 is 0. The molecule has 0 bridgehead atoms. The molecule has 0 aliphatic carbocycles. The van der Waals surface area contributed by atoms with Gasteiger partial charge >= 0.3 is 0 Å². The van der Waals surface area contributed by atoms with Crippen LogP contribution in [0.25, 0.3) is 0 Å². The summed E-state index contributed by atoms with van der Waals surface area (Å²) in [6, 6.07) is 7.50. The van der Waals surface area contributed by atoms with Gasteiger partial charge in [-0.1, -0.05) is 23.7 Å². The van der Waals surface area contributed by atoms with Gasteiger partial charge in [0.1, 0.15) is 0 Å². The van der Waals surface area contributed by atoms with E-state index in [9.17, 15) is 4.79 Å². The van der Waals surface area contributed by atoms with Gasteiger partial charge in [0.25, 0.3) is 0 Å². The lowest BCUT2D eigenvalue weighted by atomic mass is 9.95. The molecule has 1 aromatic carbocycles. The molecule has 3 nitrogen and oxygen atoms in total. The fourth-order valence-corrected chi connectivity index (χ4v) is 1.69. The number of benzene rings is 1. The number of hydrogen-bond acceptors (Lipinski definition) is 2. The molecule has 0 saturated heterocycles. The van der Waals surface area contributed by atoms with Crippen LogP contribution in [0.2, 0.25) is 5.02 Å². The van der Waals surface area contributed by atoms with Crippen molar-refractivity contribution in [2.45, 2.75) is 12.3 Å². The predicted molar refractivity (Wildman–Crippen MR) is 66.6 cm³/mol. The topological polar surface area (TPSA) is 46.3 Å². The fraction of sp³-hybridized carbons (Fsp3) is 0.417. The molecule has 1 rings (SSSR count). The highest BCUT2D eigenvalue weighted by Crippen LogP contribution is 2.22. The molecule has 0 spiro atoms. The van der Waals surface area contributed by atoms with Crippen molar-refractivity contribution in [3.05, 3.63) is 34.9 Å². The van der Waals surface area contributed by atoms with Crippen LogP contribution in [-0.4, -0.2) is 31.4 Å². The van der Waals surface area contributed by atoms with Crippen molar-refractivity contribution in [2.75, 3.05) is 20.6 Å². The van der Waals surface area contributed by atoms with Gasteiger partial charge in [-0.3, -0.25) is 4.79 Å². The molecule has 0 aromatic heterocycles. The molecule has 1 aromatic rings. The summed E-state index contributed by atoms with van der Waals surface area (Å²) in [4.78, 5) is 13.2. The maximum atomic E-state index is 11.6. The van der Waals surface area contributed by atoms with E-state index in [1.807, 2.05) is 24.3 Å². The zero-order valence-corrected chi connectivity index (χ0v) is 10.4. The van der Waals surface area contributed by atoms with Gasteiger partial charge < -0.3 is 10.6 Å². The number of carbonyl (C=O) groups excluding carboxylic acids is 1. The highest BCUT2D eigenvalue weighted by atomic mass is 35.5. The molecule has 0 radical (unpaired) electrons. The Hall–Kier alpha value is -1.06. The van der Waals surface area contributed by atoms with Gasteiger partial charge in [0, 0.05) is 31.5 Å². The lowest BCUT2D eigenvalue weighted by molar-refractivity contribution is -0.129. The molecule has 1 amide bonds. The smallest absolute Gasteiger partial charge is 0.222 e. The molecule has 88 valence electrons. The van der Waals surface area contributed by atoms with E-state index in [1.165, 1.54) is 0 Å². The van der Waals surface area contributed by atoms with Crippen LogP contribution >= 0.6 is 11.6 Å². The second-order valence-corrected chi connectivity index (χ2v) is 4.42. The largest absolute Gasteiger partial charge is 0.349 e. The van der Waals surface area contributed by atoms with Gasteiger partial charge in [0.2, 0.25) is 5.91 Å². The number of hydrogen-bond donors (Lipinski definition) is 1. The van der Waals surface area contributed by atoms with E-state index in [-0.39, 0.29) is 11.8 Å². The molecule has 0 fully saturated rings. The van der Waals surface area contributed by atoms with E-state index >= 15 is 0 Å². The first kappa shape index (κ1) is 13.0. The van der Waals surface area contributed by atoms with E-state index in [4.69, 9.17) is 17.3 Å². The van der Waals surface area contributed by atoms with Crippen molar-refractivity contribution in [1.82, 2.24) is 4.90 Å². The summed E-state index contributed by atoms with van der Waals surface area (Å²) >= 11 is 5.91. The third-order valence-corrected chi connectivity index (χ3v) is 2.76. The third-order valence-electron chi connectivity index (χ3n) is 2.52. The fourth-order valence-electron chi connectivity index (χ4n) is 1.49. The van der Waals surface area contributed by atoms with E-state index in [1.54, 1.807) is 19.0 Å². The lowest BCUT2D eigenvalue weighted by Crippen LogP contribution is -2.26. The Kier molecular flexibility index (Phi) is 4.77. The van der Waals surface area contributed by atoms with Gasteiger partial charge in [-0.25, -0.2) is 0 Å². The van der Waals surface area contributed by atoms with Gasteiger partial charge in [-0.2, -0.15) is 0 Å². The van der Waals surface area contributed by atoms with Crippen molar-refractivity contribution < 1.29 is 4.79 Å². The Morgan fingerprint density at radius 1 is 1.50 bits per heavy atom. The second kappa shape index (κ2) is 5.87. The summed E-state index contributed by atoms with van der Waals surface area (Å²) in [5.74, 6) is 0.115. The van der Waals surface area contributed by atoms with Crippen molar-refractivity contribution in [3.63, 3.8) is 0 Å². The lowest BCUT2D eigenvalue weighted by Gasteiger charge is -2.17. The van der Waals surface area contributed by atoms with Gasteiger partial charge in [-0.05, 0) is 24.2 Å². The Morgan fingerprint density at radius 2 is 2.19 bits per heavy atom. The SMILES string of the molecule is CN(C)C(=O)CC(CN)c1cccc(Cl)c1. The van der Waals surface area contributed by atoms with E-state index < -0.39 is 0 Å². The number of nitrogens with two attached hydrogens (primary N) is 1. The number of carbonyl (C=O) groups is 1. The van der Waals surface area contributed by atoms with Crippen LogP contribution in [0.15, 0.2) is 24.3 Å². The molecule has 1 atom stereocenters. The molecular weight excluding hydrogens is 224 g/mol. The first-order valence-corrected chi connectivity index (χ1v) is 5.58. The average molecular weight is 241 g/mol. The molecule has 4 heteroatoms. The van der Waals surface area contributed by atoms with Crippen LogP contribution in [-0.2, 0) is 4.79 Å². The Labute approximate surface area is 101 Å². The Morgan fingerprint density at radius 3 is 2.69 bits per heavy atom. The molecule has 0 aliphatic rings. The summed E-state index contributed by atoms with van der Waals surface area (Å²) in [5.41, 5.74) is 6.71. The van der Waals surface area contributed by atoms with Gasteiger partial charge in [0.05, 0.1) is 0 Å². The Balaban J connectivity index is 2.78. The highest BCUT2D eigenvalue weighted by molar-refractivity contribution is 6.30. The van der Waals surface area contributed by atoms with Crippen LogP contribution in [0, 0.1) is 0 Å². The van der Waals surface area contributed by atoms with E-state index in [0.717, 1.165) is 5.56 Å². The molecule has 1 unspecified atom stereocenters. The molecular formula is C12H17ClN2O. The first-order valence-electron chi connectivity index (χ1n) is 5.20. The summed E-state index contributed by atoms with van der Waals surface area (Å²) in [5, 5.41) is 0.674. The zero-order valence-electron chi connectivity index (χ0n) is 9.61. The standard InChI is InChI=1S/C12H17ClN2O/c1-15(2)12(16)7-10(8-14)9-4-3-5-11(13)6-9/h3-6,10H,7-8,14H2,1-2H3. The summed E-state index contributed by atoms with van der Waals surface area (Å²) in [6.07, 6.45) is 0.420. The van der Waals surface area contributed by atoms with Crippen LogP contribution in [0.1, 0.15) is 17.9 Å². The van der Waals surface area contributed by atoms with Crippen LogP contribution in [0.3, 0.4) is 0 Å². The molecule has 16 heavy (non-hydrogen) atoms. The molecule has 0 heterocycles. The van der Waals surface area contributed by atoms with Gasteiger partial charge in [0.15, 0.2) is 0 Å². The normalized spacial score (nSPS) is 12.2. The van der Waals surface area contributed by atoms with Crippen molar-refractivity contribution in [3.8, 4) is 0 Å². The molecule has 0 saturated carbocycles. The second-order valence-electron chi connectivity index (χ2n) is 3.98. The van der Waals surface area contributed by atoms with Crippen molar-refractivity contribution >= 4 is 17.5 Å². The minimum absolute atomic E-state index is 0.0357. The molecule has 2 N–H and O–H groups in total. The number of amides is 1. The minimum Gasteiger partial charge on any atom is -0.349 e. The minimum atomic E-state index is 0.0357. The van der Waals surface area contributed by atoms with Crippen molar-refractivity contribution in [1.29, 1.82) is 0 Å². The number of nitrogens with zero attached hydrogens (tertiary/aromatic N) is 1. The van der Waals surface area contributed by atoms with Crippen LogP contribution in [0.4, 0.5) is 0 Å². The van der Waals surface area contributed by atoms with Crippen LogP contribution in [0.5, 0.6) is 0 Å². The maximum Gasteiger partial charge on any atom is 0.222 e. The van der Waals surface area contributed by atoms with Crippen molar-refractivity contribution in [2.24, 2.45) is 5.73 Å². The zero-order chi connectivity index (χ0) is 12.1. The van der Waals surface area contributed by atoms with E-state index in [2.05, 4.69) is 0 Å². The highest BCUT2D eigenvalue weighted by Gasteiger charge is 2.15. The summed E-state index contributed by atoms with van der Waals surface area (Å²) in [6.45, 7) is 0.444. The van der Waals surface area contributed by atoms with E-state index in [0.29, 0.717) is 18.0 Å². The Bertz CT molecular complexity index is 366.